The molecule has 1 saturated heterocycles. The van der Waals surface area contributed by atoms with Crippen molar-refractivity contribution in [1.29, 1.82) is 0 Å². The standard InChI is InChI=1S/C16H34N4O.HI/c1-6-17-16(19-14(4)5)18-12-15(11-13(2)3)20-7-9-21-10-8-20;/h13-15H,6-12H2,1-5H3,(H2,17,18,19);1H. The summed E-state index contributed by atoms with van der Waals surface area (Å²) >= 11 is 0. The van der Waals surface area contributed by atoms with E-state index in [1.807, 2.05) is 0 Å². The maximum atomic E-state index is 5.47. The molecule has 1 heterocycles. The Hall–Kier alpha value is -0.0800. The van der Waals surface area contributed by atoms with Crippen molar-refractivity contribution in [3.63, 3.8) is 0 Å². The Morgan fingerprint density at radius 3 is 2.32 bits per heavy atom. The molecular formula is C16H35IN4O. The van der Waals surface area contributed by atoms with Gasteiger partial charge in [0.15, 0.2) is 5.96 Å². The molecule has 0 spiro atoms. The van der Waals surface area contributed by atoms with Crippen molar-refractivity contribution in [3.8, 4) is 0 Å². The Bertz CT molecular complexity index is 305. The van der Waals surface area contributed by atoms with E-state index in [1.54, 1.807) is 0 Å². The van der Waals surface area contributed by atoms with E-state index >= 15 is 0 Å². The minimum Gasteiger partial charge on any atom is -0.379 e. The van der Waals surface area contributed by atoms with E-state index < -0.39 is 0 Å². The zero-order valence-corrected chi connectivity index (χ0v) is 17.2. The van der Waals surface area contributed by atoms with Gasteiger partial charge in [0.25, 0.3) is 0 Å². The van der Waals surface area contributed by atoms with Gasteiger partial charge in [-0.1, -0.05) is 13.8 Å². The minimum atomic E-state index is 0. The van der Waals surface area contributed by atoms with E-state index in [-0.39, 0.29) is 24.0 Å². The van der Waals surface area contributed by atoms with Gasteiger partial charge in [0, 0.05) is 31.7 Å². The third-order valence-corrected chi connectivity index (χ3v) is 3.54. The maximum absolute atomic E-state index is 5.47. The van der Waals surface area contributed by atoms with Crippen LogP contribution in [0.15, 0.2) is 4.99 Å². The Labute approximate surface area is 153 Å². The highest BCUT2D eigenvalue weighted by Gasteiger charge is 2.21. The molecule has 6 heteroatoms. The predicted octanol–water partition coefficient (Wildman–Crippen LogP) is 2.31. The number of halogens is 1. The van der Waals surface area contributed by atoms with Crippen LogP contribution in [-0.2, 0) is 4.74 Å². The van der Waals surface area contributed by atoms with Gasteiger partial charge >= 0.3 is 0 Å². The summed E-state index contributed by atoms with van der Waals surface area (Å²) in [4.78, 5) is 7.33. The van der Waals surface area contributed by atoms with Crippen LogP contribution in [-0.4, -0.2) is 62.3 Å². The first-order chi connectivity index (χ1) is 10.0. The molecule has 2 N–H and O–H groups in total. The summed E-state index contributed by atoms with van der Waals surface area (Å²) in [6.45, 7) is 16.5. The lowest BCUT2D eigenvalue weighted by atomic mass is 10.0. The summed E-state index contributed by atoms with van der Waals surface area (Å²) in [5.74, 6) is 1.61. The molecule has 5 nitrogen and oxygen atoms in total. The van der Waals surface area contributed by atoms with E-state index in [4.69, 9.17) is 9.73 Å². The average molecular weight is 426 g/mol. The first-order valence-corrected chi connectivity index (χ1v) is 8.39. The number of aliphatic imine (C=N–C) groups is 1. The van der Waals surface area contributed by atoms with Crippen LogP contribution >= 0.6 is 24.0 Å². The molecular weight excluding hydrogens is 391 g/mol. The summed E-state index contributed by atoms with van der Waals surface area (Å²) in [6, 6.07) is 0.909. The van der Waals surface area contributed by atoms with Crippen LogP contribution < -0.4 is 10.6 Å². The second-order valence-corrected chi connectivity index (χ2v) is 6.45. The lowest BCUT2D eigenvalue weighted by molar-refractivity contribution is 0.0143. The highest BCUT2D eigenvalue weighted by Crippen LogP contribution is 2.14. The number of nitrogens with one attached hydrogen (secondary N) is 2. The predicted molar refractivity (Wildman–Crippen MR) is 105 cm³/mol. The third kappa shape index (κ3) is 9.15. The Morgan fingerprint density at radius 2 is 1.82 bits per heavy atom. The molecule has 0 bridgehead atoms. The fraction of sp³-hybridized carbons (Fsp3) is 0.938. The van der Waals surface area contributed by atoms with Crippen LogP contribution in [0.5, 0.6) is 0 Å². The SMILES string of the molecule is CCNC(=NCC(CC(C)C)N1CCOCC1)NC(C)C.I. The fourth-order valence-corrected chi connectivity index (χ4v) is 2.62. The summed E-state index contributed by atoms with van der Waals surface area (Å²) < 4.78 is 5.47. The zero-order chi connectivity index (χ0) is 15.7. The molecule has 0 aromatic heterocycles. The van der Waals surface area contributed by atoms with Gasteiger partial charge in [-0.05, 0) is 33.1 Å². The highest BCUT2D eigenvalue weighted by molar-refractivity contribution is 14.0. The molecule has 132 valence electrons. The molecule has 1 fully saturated rings. The van der Waals surface area contributed by atoms with Crippen molar-refractivity contribution >= 4 is 29.9 Å². The Kier molecular flexibility index (Phi) is 12.3. The number of nitrogens with zero attached hydrogens (tertiary/aromatic N) is 2. The monoisotopic (exact) mass is 426 g/mol. The van der Waals surface area contributed by atoms with E-state index in [0.717, 1.165) is 45.4 Å². The molecule has 0 radical (unpaired) electrons. The number of guanidine groups is 1. The van der Waals surface area contributed by atoms with Crippen LogP contribution in [0.3, 0.4) is 0 Å². The molecule has 1 atom stereocenters. The van der Waals surface area contributed by atoms with Crippen LogP contribution in [0.4, 0.5) is 0 Å². The van der Waals surface area contributed by atoms with Gasteiger partial charge in [0.05, 0.1) is 19.8 Å². The fourth-order valence-electron chi connectivity index (χ4n) is 2.62. The largest absolute Gasteiger partial charge is 0.379 e. The molecule has 0 aliphatic carbocycles. The molecule has 1 aliphatic rings. The van der Waals surface area contributed by atoms with Gasteiger partial charge in [0.1, 0.15) is 0 Å². The Morgan fingerprint density at radius 1 is 1.18 bits per heavy atom. The lowest BCUT2D eigenvalue weighted by Gasteiger charge is -2.34. The minimum absolute atomic E-state index is 0. The summed E-state index contributed by atoms with van der Waals surface area (Å²) in [5.41, 5.74) is 0. The number of ether oxygens (including phenoxy) is 1. The van der Waals surface area contributed by atoms with Crippen LogP contribution in [0.1, 0.15) is 41.0 Å². The smallest absolute Gasteiger partial charge is 0.191 e. The van der Waals surface area contributed by atoms with Crippen molar-refractivity contribution in [3.05, 3.63) is 0 Å². The molecule has 0 amide bonds. The molecule has 0 aromatic rings. The van der Waals surface area contributed by atoms with Gasteiger partial charge < -0.3 is 15.4 Å². The van der Waals surface area contributed by atoms with Crippen LogP contribution in [0.2, 0.25) is 0 Å². The average Bonchev–Trinajstić information content (AvgIpc) is 2.43. The molecule has 0 aromatic carbocycles. The normalized spacial score (nSPS) is 18.2. The van der Waals surface area contributed by atoms with Crippen molar-refractivity contribution in [1.82, 2.24) is 15.5 Å². The number of rotatable bonds is 7. The van der Waals surface area contributed by atoms with Crippen LogP contribution in [0.25, 0.3) is 0 Å². The van der Waals surface area contributed by atoms with E-state index in [2.05, 4.69) is 50.2 Å². The van der Waals surface area contributed by atoms with E-state index in [1.165, 1.54) is 6.42 Å². The van der Waals surface area contributed by atoms with E-state index in [9.17, 15) is 0 Å². The van der Waals surface area contributed by atoms with Gasteiger partial charge in [0.2, 0.25) is 0 Å². The number of morpholine rings is 1. The summed E-state index contributed by atoms with van der Waals surface area (Å²) in [6.07, 6.45) is 1.19. The molecule has 1 unspecified atom stereocenters. The number of hydrogen-bond acceptors (Lipinski definition) is 3. The number of hydrogen-bond donors (Lipinski definition) is 2. The molecule has 1 aliphatic heterocycles. The van der Waals surface area contributed by atoms with Crippen molar-refractivity contribution in [2.75, 3.05) is 39.4 Å². The zero-order valence-electron chi connectivity index (χ0n) is 14.9. The van der Waals surface area contributed by atoms with Gasteiger partial charge in [-0.2, -0.15) is 0 Å². The third-order valence-electron chi connectivity index (χ3n) is 3.54. The molecule has 22 heavy (non-hydrogen) atoms. The second-order valence-electron chi connectivity index (χ2n) is 6.45. The maximum Gasteiger partial charge on any atom is 0.191 e. The van der Waals surface area contributed by atoms with Crippen LogP contribution in [0, 0.1) is 5.92 Å². The first-order valence-electron chi connectivity index (χ1n) is 8.39. The van der Waals surface area contributed by atoms with Crippen molar-refractivity contribution in [2.24, 2.45) is 10.9 Å². The van der Waals surface area contributed by atoms with E-state index in [0.29, 0.717) is 18.0 Å². The quantitative estimate of drug-likeness (QED) is 0.373. The first kappa shape index (κ1) is 21.9. The summed E-state index contributed by atoms with van der Waals surface area (Å²) in [5, 5.41) is 6.71. The topological polar surface area (TPSA) is 48.9 Å². The molecule has 0 saturated carbocycles. The van der Waals surface area contributed by atoms with Gasteiger partial charge in [-0.25, -0.2) is 0 Å². The summed E-state index contributed by atoms with van der Waals surface area (Å²) in [7, 11) is 0. The van der Waals surface area contributed by atoms with Crippen molar-refractivity contribution in [2.45, 2.75) is 53.1 Å². The van der Waals surface area contributed by atoms with Crippen molar-refractivity contribution < 1.29 is 4.74 Å². The Balaban J connectivity index is 0.00000441. The lowest BCUT2D eigenvalue weighted by Crippen LogP contribution is -2.47. The van der Waals surface area contributed by atoms with Gasteiger partial charge in [-0.3, -0.25) is 9.89 Å². The van der Waals surface area contributed by atoms with Gasteiger partial charge in [-0.15, -0.1) is 24.0 Å². The second kappa shape index (κ2) is 12.4. The highest BCUT2D eigenvalue weighted by atomic mass is 127. The molecule has 1 rings (SSSR count).